The van der Waals surface area contributed by atoms with Crippen molar-refractivity contribution in [2.24, 2.45) is 0 Å². The second-order valence-corrected chi connectivity index (χ2v) is 9.01. The molecule has 0 aliphatic carbocycles. The Bertz CT molecular complexity index is 1270. The first-order valence-electron chi connectivity index (χ1n) is 9.28. The molecule has 0 aliphatic heterocycles. The lowest BCUT2D eigenvalue weighted by atomic mass is 10.1. The van der Waals surface area contributed by atoms with E-state index >= 15 is 0 Å². The maximum atomic E-state index is 13.2. The van der Waals surface area contributed by atoms with E-state index in [0.29, 0.717) is 22.6 Å². The maximum Gasteiger partial charge on any atom is 0.273 e. The van der Waals surface area contributed by atoms with Gasteiger partial charge in [-0.2, -0.15) is 0 Å². The molecule has 0 saturated heterocycles. The monoisotopic (exact) mass is 479 g/mol. The predicted molar refractivity (Wildman–Crippen MR) is 115 cm³/mol. The average Bonchev–Trinajstić information content (AvgIpc) is 3.10. The average molecular weight is 480 g/mol. The molecule has 0 radical (unpaired) electrons. The van der Waals surface area contributed by atoms with Gasteiger partial charge in [0, 0.05) is 12.1 Å². The highest BCUT2D eigenvalue weighted by Gasteiger charge is 2.17. The van der Waals surface area contributed by atoms with E-state index in [2.05, 4.69) is 15.6 Å². The van der Waals surface area contributed by atoms with E-state index in [9.17, 15) is 22.4 Å². The van der Waals surface area contributed by atoms with Gasteiger partial charge in [0.15, 0.2) is 0 Å². The van der Waals surface area contributed by atoms with Gasteiger partial charge < -0.3 is 4.42 Å². The van der Waals surface area contributed by atoms with Crippen LogP contribution >= 0.6 is 11.6 Å². The van der Waals surface area contributed by atoms with Crippen LogP contribution in [0.1, 0.15) is 37.8 Å². The van der Waals surface area contributed by atoms with Crippen LogP contribution in [-0.2, 0) is 16.6 Å². The van der Waals surface area contributed by atoms with E-state index in [1.54, 1.807) is 32.0 Å². The van der Waals surface area contributed by atoms with Crippen LogP contribution < -0.4 is 15.6 Å². The summed E-state index contributed by atoms with van der Waals surface area (Å²) in [5.41, 5.74) is 5.76. The van der Waals surface area contributed by atoms with Crippen LogP contribution in [0, 0.1) is 19.7 Å². The Morgan fingerprint density at radius 3 is 2.25 bits per heavy atom. The molecule has 1 heterocycles. The summed E-state index contributed by atoms with van der Waals surface area (Å²) in [4.78, 5) is 24.2. The summed E-state index contributed by atoms with van der Waals surface area (Å²) in [7, 11) is -3.91. The molecule has 0 fully saturated rings. The molecular formula is C21H19ClFN3O5S. The van der Waals surface area contributed by atoms with Crippen molar-refractivity contribution in [1.82, 2.24) is 15.6 Å². The number of amides is 2. The quantitative estimate of drug-likeness (QED) is 0.469. The Balaban J connectivity index is 1.57. The summed E-state index contributed by atoms with van der Waals surface area (Å²) < 4.78 is 45.6. The largest absolute Gasteiger partial charge is 0.466 e. The SMILES string of the molecule is Cc1cc(C(=O)NNC(=O)c2ccc(CNS(=O)(=O)c3ccc(F)c(Cl)c3)cc2)c(C)o1. The number of sulfonamides is 1. The van der Waals surface area contributed by atoms with Crippen LogP contribution in [0.2, 0.25) is 5.02 Å². The Morgan fingerprint density at radius 1 is 1.00 bits per heavy atom. The van der Waals surface area contributed by atoms with E-state index in [1.807, 2.05) is 0 Å². The molecule has 1 aromatic heterocycles. The Kier molecular flexibility index (Phi) is 6.97. The molecule has 168 valence electrons. The highest BCUT2D eigenvalue weighted by atomic mass is 35.5. The fraction of sp³-hybridized carbons (Fsp3) is 0.143. The van der Waals surface area contributed by atoms with Crippen LogP contribution in [-0.4, -0.2) is 20.2 Å². The molecule has 3 aromatic rings. The van der Waals surface area contributed by atoms with Gasteiger partial charge in [0.25, 0.3) is 11.8 Å². The highest BCUT2D eigenvalue weighted by Crippen LogP contribution is 2.19. The van der Waals surface area contributed by atoms with Crippen LogP contribution in [0.15, 0.2) is 57.8 Å². The van der Waals surface area contributed by atoms with Crippen molar-refractivity contribution in [2.45, 2.75) is 25.3 Å². The summed E-state index contributed by atoms with van der Waals surface area (Å²) in [5.74, 6) is -0.772. The van der Waals surface area contributed by atoms with Crippen LogP contribution in [0.5, 0.6) is 0 Å². The number of furan rings is 1. The third-order valence-electron chi connectivity index (χ3n) is 4.46. The van der Waals surface area contributed by atoms with E-state index in [1.165, 1.54) is 12.1 Å². The molecule has 0 unspecified atom stereocenters. The van der Waals surface area contributed by atoms with Crippen LogP contribution in [0.4, 0.5) is 4.39 Å². The number of hydrazine groups is 1. The van der Waals surface area contributed by atoms with Crippen molar-refractivity contribution in [3.63, 3.8) is 0 Å². The first kappa shape index (κ1) is 23.5. The van der Waals surface area contributed by atoms with Crippen molar-refractivity contribution >= 4 is 33.4 Å². The van der Waals surface area contributed by atoms with Crippen LogP contribution in [0.3, 0.4) is 0 Å². The molecule has 8 nitrogen and oxygen atoms in total. The number of hydrogen-bond acceptors (Lipinski definition) is 5. The van der Waals surface area contributed by atoms with Crippen molar-refractivity contribution in [3.05, 3.63) is 87.6 Å². The number of carbonyl (C=O) groups is 2. The summed E-state index contributed by atoms with van der Waals surface area (Å²) >= 11 is 5.64. The molecular weight excluding hydrogens is 461 g/mol. The van der Waals surface area contributed by atoms with E-state index in [4.69, 9.17) is 16.0 Å². The van der Waals surface area contributed by atoms with Crippen molar-refractivity contribution in [3.8, 4) is 0 Å². The smallest absolute Gasteiger partial charge is 0.273 e. The van der Waals surface area contributed by atoms with Gasteiger partial charge in [-0.3, -0.25) is 20.4 Å². The molecule has 2 aromatic carbocycles. The minimum atomic E-state index is -3.91. The molecule has 11 heteroatoms. The lowest BCUT2D eigenvalue weighted by molar-refractivity contribution is 0.0845. The van der Waals surface area contributed by atoms with Crippen molar-refractivity contribution in [2.75, 3.05) is 0 Å². The molecule has 3 rings (SSSR count). The predicted octanol–water partition coefficient (Wildman–Crippen LogP) is 3.24. The molecule has 0 aliphatic rings. The highest BCUT2D eigenvalue weighted by molar-refractivity contribution is 7.89. The standard InChI is InChI=1S/C21H19ClFN3O5S/c1-12-9-17(13(2)31-12)21(28)26-25-20(27)15-5-3-14(4-6-15)11-24-32(29,30)16-7-8-19(23)18(22)10-16/h3-10,24H,11H2,1-2H3,(H,25,27)(H,26,28). The minimum absolute atomic E-state index is 0.0604. The number of halogens is 2. The van der Waals surface area contributed by atoms with Gasteiger partial charge >= 0.3 is 0 Å². The van der Waals surface area contributed by atoms with E-state index in [-0.39, 0.29) is 22.0 Å². The molecule has 0 spiro atoms. The summed E-state index contributed by atoms with van der Waals surface area (Å²) in [6, 6.07) is 10.7. The van der Waals surface area contributed by atoms with E-state index < -0.39 is 27.7 Å². The van der Waals surface area contributed by atoms with Crippen molar-refractivity contribution in [1.29, 1.82) is 0 Å². The Hall–Kier alpha value is -3.21. The summed E-state index contributed by atoms with van der Waals surface area (Å²) in [5, 5.41) is -0.298. The Labute approximate surface area is 188 Å². The zero-order valence-electron chi connectivity index (χ0n) is 17.0. The Morgan fingerprint density at radius 2 is 1.66 bits per heavy atom. The second-order valence-electron chi connectivity index (χ2n) is 6.83. The molecule has 0 saturated carbocycles. The third-order valence-corrected chi connectivity index (χ3v) is 6.15. The molecule has 32 heavy (non-hydrogen) atoms. The van der Waals surface area contributed by atoms with Gasteiger partial charge in [0.2, 0.25) is 10.0 Å². The lowest BCUT2D eigenvalue weighted by Gasteiger charge is -2.09. The second kappa shape index (κ2) is 9.51. The number of carbonyl (C=O) groups excluding carboxylic acids is 2. The van der Waals surface area contributed by atoms with Gasteiger partial charge in [-0.1, -0.05) is 23.7 Å². The summed E-state index contributed by atoms with van der Waals surface area (Å²) in [6.07, 6.45) is 0. The van der Waals surface area contributed by atoms with Crippen molar-refractivity contribution < 1.29 is 26.8 Å². The van der Waals surface area contributed by atoms with Gasteiger partial charge in [-0.25, -0.2) is 17.5 Å². The van der Waals surface area contributed by atoms with Gasteiger partial charge in [-0.15, -0.1) is 0 Å². The van der Waals surface area contributed by atoms with Gasteiger partial charge in [0.05, 0.1) is 15.5 Å². The van der Waals surface area contributed by atoms with Crippen LogP contribution in [0.25, 0.3) is 0 Å². The van der Waals surface area contributed by atoms with E-state index in [0.717, 1.165) is 18.2 Å². The maximum absolute atomic E-state index is 13.2. The fourth-order valence-electron chi connectivity index (χ4n) is 2.79. The zero-order valence-corrected chi connectivity index (χ0v) is 18.6. The minimum Gasteiger partial charge on any atom is -0.466 e. The first-order valence-corrected chi connectivity index (χ1v) is 11.1. The number of benzene rings is 2. The van der Waals surface area contributed by atoms with Gasteiger partial charge in [0.1, 0.15) is 17.3 Å². The molecule has 2 amide bonds. The number of aryl methyl sites for hydroxylation is 2. The number of nitrogens with one attached hydrogen (secondary N) is 3. The fourth-order valence-corrected chi connectivity index (χ4v) is 4.08. The molecule has 3 N–H and O–H groups in total. The number of rotatable bonds is 6. The van der Waals surface area contributed by atoms with Gasteiger partial charge in [-0.05, 0) is 55.8 Å². The molecule has 0 bridgehead atoms. The summed E-state index contributed by atoms with van der Waals surface area (Å²) in [6.45, 7) is 3.29. The number of hydrogen-bond donors (Lipinski definition) is 3. The normalized spacial score (nSPS) is 11.2. The first-order chi connectivity index (χ1) is 15.1. The topological polar surface area (TPSA) is 118 Å². The zero-order chi connectivity index (χ0) is 23.5. The molecule has 0 atom stereocenters. The lowest BCUT2D eigenvalue weighted by Crippen LogP contribution is -2.41. The third kappa shape index (κ3) is 5.52.